The lowest BCUT2D eigenvalue weighted by Gasteiger charge is -2.31. The van der Waals surface area contributed by atoms with Crippen LogP contribution in [0.2, 0.25) is 0 Å². The van der Waals surface area contributed by atoms with Crippen LogP contribution in [0.15, 0.2) is 48.5 Å². The van der Waals surface area contributed by atoms with Crippen molar-refractivity contribution in [3.8, 4) is 5.75 Å². The largest absolute Gasteiger partial charge is 0.485 e. The Morgan fingerprint density at radius 1 is 1.10 bits per heavy atom. The molecule has 3 heteroatoms. The smallest absolute Gasteiger partial charge is 0.126 e. The summed E-state index contributed by atoms with van der Waals surface area (Å²) in [6.45, 7) is 0.590. The van der Waals surface area contributed by atoms with Crippen molar-refractivity contribution in [3.63, 3.8) is 0 Å². The summed E-state index contributed by atoms with van der Waals surface area (Å²) in [5.41, 5.74) is 9.70. The predicted octanol–water partition coefficient (Wildman–Crippen LogP) is 3.36. The number of fused-ring (bicyclic) bond motifs is 1. The van der Waals surface area contributed by atoms with Gasteiger partial charge in [0.2, 0.25) is 0 Å². The van der Waals surface area contributed by atoms with E-state index in [-0.39, 0.29) is 12.1 Å². The monoisotopic (exact) mass is 269 g/mol. The van der Waals surface area contributed by atoms with Gasteiger partial charge in [-0.2, -0.15) is 0 Å². The SMILES string of the molecule is COCc1ccccc1C1CC(N)c2ccccc2O1. The molecule has 3 nitrogen and oxygen atoms in total. The summed E-state index contributed by atoms with van der Waals surface area (Å²) in [6.07, 6.45) is 0.781. The Balaban J connectivity index is 1.94. The van der Waals surface area contributed by atoms with Gasteiger partial charge in [-0.15, -0.1) is 0 Å². The van der Waals surface area contributed by atoms with Crippen LogP contribution in [0.1, 0.15) is 35.3 Å². The molecule has 0 spiro atoms. The molecule has 2 aromatic carbocycles. The molecule has 2 unspecified atom stereocenters. The summed E-state index contributed by atoms with van der Waals surface area (Å²) in [5.74, 6) is 0.892. The van der Waals surface area contributed by atoms with Crippen molar-refractivity contribution in [2.24, 2.45) is 5.73 Å². The molecule has 1 aliphatic heterocycles. The van der Waals surface area contributed by atoms with Gasteiger partial charge in [-0.05, 0) is 17.2 Å². The van der Waals surface area contributed by atoms with E-state index in [9.17, 15) is 0 Å². The van der Waals surface area contributed by atoms with Crippen molar-refractivity contribution in [3.05, 3.63) is 65.2 Å². The molecule has 2 atom stereocenters. The summed E-state index contributed by atoms with van der Waals surface area (Å²) in [4.78, 5) is 0. The van der Waals surface area contributed by atoms with Crippen molar-refractivity contribution in [2.75, 3.05) is 7.11 Å². The zero-order chi connectivity index (χ0) is 13.9. The minimum absolute atomic E-state index is 0.00810. The van der Waals surface area contributed by atoms with Crippen LogP contribution < -0.4 is 10.5 Å². The number of hydrogen-bond donors (Lipinski definition) is 1. The van der Waals surface area contributed by atoms with Crippen LogP contribution in [0, 0.1) is 0 Å². The van der Waals surface area contributed by atoms with E-state index in [2.05, 4.69) is 12.1 Å². The standard InChI is InChI=1S/C17H19NO2/c1-19-11-12-6-2-3-7-13(12)17-10-15(18)14-8-4-5-9-16(14)20-17/h2-9,15,17H,10-11,18H2,1H3. The van der Waals surface area contributed by atoms with E-state index >= 15 is 0 Å². The van der Waals surface area contributed by atoms with Gasteiger partial charge in [0.05, 0.1) is 6.61 Å². The molecule has 0 saturated heterocycles. The van der Waals surface area contributed by atoms with Crippen molar-refractivity contribution in [2.45, 2.75) is 25.2 Å². The average molecular weight is 269 g/mol. The van der Waals surface area contributed by atoms with Gasteiger partial charge < -0.3 is 15.2 Å². The second kappa shape index (κ2) is 5.65. The lowest BCUT2D eigenvalue weighted by atomic mass is 9.91. The summed E-state index contributed by atoms with van der Waals surface area (Å²) >= 11 is 0. The van der Waals surface area contributed by atoms with Crippen molar-refractivity contribution >= 4 is 0 Å². The van der Waals surface area contributed by atoms with Crippen LogP contribution in [0.5, 0.6) is 5.75 Å². The molecule has 0 aliphatic carbocycles. The van der Waals surface area contributed by atoms with Crippen LogP contribution in [0.25, 0.3) is 0 Å². The highest BCUT2D eigenvalue weighted by Crippen LogP contribution is 2.40. The Morgan fingerprint density at radius 2 is 1.80 bits per heavy atom. The number of ether oxygens (including phenoxy) is 2. The molecule has 0 saturated carbocycles. The van der Waals surface area contributed by atoms with Crippen molar-refractivity contribution < 1.29 is 9.47 Å². The third-order valence-electron chi connectivity index (χ3n) is 3.76. The molecule has 0 aromatic heterocycles. The average Bonchev–Trinajstić information content (AvgIpc) is 2.48. The number of nitrogens with two attached hydrogens (primary N) is 1. The predicted molar refractivity (Wildman–Crippen MR) is 78.5 cm³/mol. The van der Waals surface area contributed by atoms with E-state index in [1.54, 1.807) is 7.11 Å². The van der Waals surface area contributed by atoms with Gasteiger partial charge >= 0.3 is 0 Å². The lowest BCUT2D eigenvalue weighted by molar-refractivity contribution is 0.151. The van der Waals surface area contributed by atoms with Crippen LogP contribution in [0.4, 0.5) is 0 Å². The fourth-order valence-corrected chi connectivity index (χ4v) is 2.78. The number of rotatable bonds is 3. The lowest BCUT2D eigenvalue weighted by Crippen LogP contribution is -2.24. The highest BCUT2D eigenvalue weighted by molar-refractivity contribution is 5.40. The van der Waals surface area contributed by atoms with E-state index < -0.39 is 0 Å². The molecule has 2 aromatic rings. The van der Waals surface area contributed by atoms with Gasteiger partial charge in [0.1, 0.15) is 11.9 Å². The Bertz CT molecular complexity index is 597. The van der Waals surface area contributed by atoms with E-state index in [4.69, 9.17) is 15.2 Å². The van der Waals surface area contributed by atoms with Gasteiger partial charge in [0, 0.05) is 25.1 Å². The van der Waals surface area contributed by atoms with E-state index in [1.165, 1.54) is 5.56 Å². The van der Waals surface area contributed by atoms with Gasteiger partial charge in [-0.3, -0.25) is 0 Å². The molecule has 1 aliphatic rings. The minimum atomic E-state index is -0.00810. The molecule has 0 bridgehead atoms. The molecular formula is C17H19NO2. The van der Waals surface area contributed by atoms with Crippen molar-refractivity contribution in [1.82, 2.24) is 0 Å². The molecule has 20 heavy (non-hydrogen) atoms. The first-order valence-corrected chi connectivity index (χ1v) is 6.87. The molecule has 3 rings (SSSR count). The summed E-state index contributed by atoms with van der Waals surface area (Å²) in [6, 6.07) is 16.3. The van der Waals surface area contributed by atoms with E-state index in [0.717, 1.165) is 23.3 Å². The minimum Gasteiger partial charge on any atom is -0.485 e. The van der Waals surface area contributed by atoms with Crippen LogP contribution in [0.3, 0.4) is 0 Å². The quantitative estimate of drug-likeness (QED) is 0.929. The Hall–Kier alpha value is -1.84. The van der Waals surface area contributed by atoms with Gasteiger partial charge in [0.25, 0.3) is 0 Å². The summed E-state index contributed by atoms with van der Waals surface area (Å²) in [7, 11) is 1.71. The molecule has 0 fully saturated rings. The fraction of sp³-hybridized carbons (Fsp3) is 0.294. The van der Waals surface area contributed by atoms with E-state index in [0.29, 0.717) is 6.61 Å². The maximum absolute atomic E-state index is 6.29. The number of hydrogen-bond acceptors (Lipinski definition) is 3. The van der Waals surface area contributed by atoms with E-state index in [1.807, 2.05) is 36.4 Å². The van der Waals surface area contributed by atoms with Gasteiger partial charge in [-0.25, -0.2) is 0 Å². The highest BCUT2D eigenvalue weighted by Gasteiger charge is 2.27. The molecule has 1 heterocycles. The molecular weight excluding hydrogens is 250 g/mol. The summed E-state index contributed by atoms with van der Waals surface area (Å²) < 4.78 is 11.4. The topological polar surface area (TPSA) is 44.5 Å². The fourth-order valence-electron chi connectivity index (χ4n) is 2.78. The van der Waals surface area contributed by atoms with Crippen LogP contribution in [-0.4, -0.2) is 7.11 Å². The van der Waals surface area contributed by atoms with Gasteiger partial charge in [0.15, 0.2) is 0 Å². The molecule has 2 N–H and O–H groups in total. The summed E-state index contributed by atoms with van der Waals surface area (Å²) in [5, 5.41) is 0. The first kappa shape index (κ1) is 13.2. The zero-order valence-electron chi connectivity index (χ0n) is 11.6. The first-order valence-electron chi connectivity index (χ1n) is 6.87. The normalized spacial score (nSPS) is 21.1. The highest BCUT2D eigenvalue weighted by atomic mass is 16.5. The maximum atomic E-state index is 6.29. The van der Waals surface area contributed by atoms with Gasteiger partial charge in [-0.1, -0.05) is 42.5 Å². The third kappa shape index (κ3) is 2.42. The number of methoxy groups -OCH3 is 1. The molecule has 0 amide bonds. The van der Waals surface area contributed by atoms with Crippen LogP contribution >= 0.6 is 0 Å². The Kier molecular flexibility index (Phi) is 3.72. The first-order chi connectivity index (χ1) is 9.79. The third-order valence-corrected chi connectivity index (χ3v) is 3.76. The Morgan fingerprint density at radius 3 is 2.60 bits per heavy atom. The van der Waals surface area contributed by atoms with Crippen LogP contribution in [-0.2, 0) is 11.3 Å². The second-order valence-electron chi connectivity index (χ2n) is 5.12. The number of para-hydroxylation sites is 1. The molecule has 104 valence electrons. The second-order valence-corrected chi connectivity index (χ2v) is 5.12. The zero-order valence-corrected chi connectivity index (χ0v) is 11.6. The van der Waals surface area contributed by atoms with Crippen molar-refractivity contribution in [1.29, 1.82) is 0 Å². The number of benzene rings is 2. The molecule has 0 radical (unpaired) electrons. The maximum Gasteiger partial charge on any atom is 0.126 e. The Labute approximate surface area is 119 Å².